The Kier molecular flexibility index (Phi) is 25.1. The third-order valence-corrected chi connectivity index (χ3v) is 16.9. The van der Waals surface area contributed by atoms with Crippen LogP contribution in [0.3, 0.4) is 0 Å². The maximum absolute atomic E-state index is 6.59. The Labute approximate surface area is 375 Å². The predicted octanol–water partition coefficient (Wildman–Crippen LogP) is 16.0. The minimum Gasteiger partial charge on any atom is -0.380 e. The van der Waals surface area contributed by atoms with Crippen LogP contribution in [0.25, 0.3) is 0 Å². The Morgan fingerprint density at radius 3 is 1.88 bits per heavy atom. The van der Waals surface area contributed by atoms with Gasteiger partial charge in [-0.1, -0.05) is 155 Å². The van der Waals surface area contributed by atoms with Gasteiger partial charge in [0.25, 0.3) is 0 Å². The summed E-state index contributed by atoms with van der Waals surface area (Å²) in [5.74, 6) is 5.48. The highest BCUT2D eigenvalue weighted by Gasteiger charge is 2.59. The standard InChI is InChI=1S/C56H103NO3/c1-9-10-11-12-13-14-15-16-17-18-19-20-21-22-23-26-40-58-44-49(57(7)8)45-59-41-27-24-25-28-42-60-50-36-38-55(5)48(43-50)32-33-51-53-35-34-52(47(4)31-29-30-46(2)3)56(53,6)39-37-54(51)55/h16-17,32,46-47,49-54H,9-15,18-31,33-45H2,1-8H3. The Morgan fingerprint density at radius 2 is 1.27 bits per heavy atom. The van der Waals surface area contributed by atoms with Crippen LogP contribution < -0.4 is 0 Å². The molecule has 9 unspecified atom stereocenters. The van der Waals surface area contributed by atoms with Crippen molar-refractivity contribution in [3.63, 3.8) is 0 Å². The van der Waals surface area contributed by atoms with Gasteiger partial charge in [0.15, 0.2) is 0 Å². The minimum atomic E-state index is 0.335. The first-order chi connectivity index (χ1) is 29.1. The maximum atomic E-state index is 6.59. The molecule has 0 aromatic carbocycles. The zero-order chi connectivity index (χ0) is 43.1. The molecule has 60 heavy (non-hydrogen) atoms. The van der Waals surface area contributed by atoms with Crippen LogP contribution in [0.4, 0.5) is 0 Å². The number of ether oxygens (including phenoxy) is 3. The first kappa shape index (κ1) is 51.9. The van der Waals surface area contributed by atoms with E-state index in [0.717, 1.165) is 75.0 Å². The van der Waals surface area contributed by atoms with Crippen LogP contribution in [0, 0.1) is 46.3 Å². The van der Waals surface area contributed by atoms with Gasteiger partial charge in [-0.05, 0) is 157 Å². The Balaban J connectivity index is 0.976. The van der Waals surface area contributed by atoms with Crippen molar-refractivity contribution in [1.29, 1.82) is 0 Å². The van der Waals surface area contributed by atoms with Gasteiger partial charge in [0.05, 0.1) is 25.4 Å². The first-order valence-electron chi connectivity index (χ1n) is 26.9. The molecule has 3 fully saturated rings. The van der Waals surface area contributed by atoms with E-state index in [9.17, 15) is 0 Å². The Morgan fingerprint density at radius 1 is 0.667 bits per heavy atom. The summed E-state index contributed by atoms with van der Waals surface area (Å²) in [6.45, 7) is 19.3. The van der Waals surface area contributed by atoms with Crippen LogP contribution >= 0.6 is 0 Å². The van der Waals surface area contributed by atoms with Crippen LogP contribution in [0.5, 0.6) is 0 Å². The lowest BCUT2D eigenvalue weighted by Gasteiger charge is -2.58. The van der Waals surface area contributed by atoms with Crippen LogP contribution in [0.1, 0.15) is 228 Å². The number of nitrogens with zero attached hydrogens (tertiary/aromatic N) is 1. The lowest BCUT2D eigenvalue weighted by Crippen LogP contribution is -2.51. The zero-order valence-electron chi connectivity index (χ0n) is 41.6. The Bertz CT molecular complexity index is 1160. The fraction of sp³-hybridized carbons (Fsp3) is 0.929. The molecule has 0 amide bonds. The molecule has 0 spiro atoms. The highest BCUT2D eigenvalue weighted by molar-refractivity contribution is 5.25. The van der Waals surface area contributed by atoms with E-state index < -0.39 is 0 Å². The molecule has 4 heteroatoms. The number of hydrogen-bond acceptors (Lipinski definition) is 4. The normalized spacial score (nSPS) is 28.9. The average Bonchev–Trinajstić information content (AvgIpc) is 3.59. The topological polar surface area (TPSA) is 30.9 Å². The molecule has 4 aliphatic rings. The van der Waals surface area contributed by atoms with E-state index >= 15 is 0 Å². The maximum Gasteiger partial charge on any atom is 0.0644 e. The van der Waals surface area contributed by atoms with Gasteiger partial charge in [0.2, 0.25) is 0 Å². The van der Waals surface area contributed by atoms with E-state index in [0.29, 0.717) is 23.0 Å². The summed E-state index contributed by atoms with van der Waals surface area (Å²) < 4.78 is 18.8. The molecule has 0 saturated heterocycles. The van der Waals surface area contributed by atoms with Gasteiger partial charge in [-0.2, -0.15) is 0 Å². The monoisotopic (exact) mass is 838 g/mol. The van der Waals surface area contributed by atoms with E-state index in [2.05, 4.69) is 78.8 Å². The molecule has 0 bridgehead atoms. The SMILES string of the molecule is CCCCCCCCC=CCCCCCCCCOCC(COCCCCCCOC1CCC2(C)C(=CCC3C2CCC2(C)C(C(C)CCCC(C)C)CCC32)C1)N(C)C. The third kappa shape index (κ3) is 17.0. The third-order valence-electron chi connectivity index (χ3n) is 16.9. The number of allylic oxidation sites excluding steroid dienone is 3. The van der Waals surface area contributed by atoms with E-state index in [1.54, 1.807) is 5.57 Å². The zero-order valence-corrected chi connectivity index (χ0v) is 41.6. The fourth-order valence-electron chi connectivity index (χ4n) is 12.9. The molecular weight excluding hydrogens is 735 g/mol. The predicted molar refractivity (Wildman–Crippen MR) is 260 cm³/mol. The average molecular weight is 838 g/mol. The van der Waals surface area contributed by atoms with Gasteiger partial charge in [0, 0.05) is 19.8 Å². The molecule has 350 valence electrons. The molecule has 4 rings (SSSR count). The molecule has 0 aliphatic heterocycles. The van der Waals surface area contributed by atoms with Gasteiger partial charge >= 0.3 is 0 Å². The second-order valence-electron chi connectivity index (χ2n) is 22.1. The summed E-state index contributed by atoms with van der Waals surface area (Å²) in [6, 6.07) is 0.335. The number of fused-ring (bicyclic) bond motifs is 5. The largest absolute Gasteiger partial charge is 0.380 e. The molecule has 4 nitrogen and oxygen atoms in total. The molecule has 4 aliphatic carbocycles. The van der Waals surface area contributed by atoms with Crippen LogP contribution in [-0.2, 0) is 14.2 Å². The summed E-state index contributed by atoms with van der Waals surface area (Å²) in [5.41, 5.74) is 2.78. The van der Waals surface area contributed by atoms with Crippen molar-refractivity contribution in [3.8, 4) is 0 Å². The minimum absolute atomic E-state index is 0.335. The first-order valence-corrected chi connectivity index (χ1v) is 26.9. The van der Waals surface area contributed by atoms with E-state index in [1.807, 2.05) is 0 Å². The van der Waals surface area contributed by atoms with Crippen molar-refractivity contribution >= 4 is 0 Å². The second kappa shape index (κ2) is 29.0. The van der Waals surface area contributed by atoms with Crippen LogP contribution in [0.15, 0.2) is 23.8 Å². The van der Waals surface area contributed by atoms with Gasteiger partial charge in [0.1, 0.15) is 0 Å². The van der Waals surface area contributed by atoms with E-state index in [1.165, 1.54) is 180 Å². The van der Waals surface area contributed by atoms with Gasteiger partial charge < -0.3 is 19.1 Å². The fourth-order valence-corrected chi connectivity index (χ4v) is 12.9. The molecule has 0 heterocycles. The highest BCUT2D eigenvalue weighted by Crippen LogP contribution is 2.67. The van der Waals surface area contributed by atoms with E-state index in [-0.39, 0.29) is 0 Å². The molecule has 9 atom stereocenters. The number of likely N-dealkylation sites (N-methyl/N-ethyl adjacent to an activating group) is 1. The summed E-state index contributed by atoms with van der Waals surface area (Å²) >= 11 is 0. The van der Waals surface area contributed by atoms with Crippen molar-refractivity contribution in [1.82, 2.24) is 4.90 Å². The van der Waals surface area contributed by atoms with Crippen molar-refractivity contribution in [2.45, 2.75) is 240 Å². The molecule has 0 N–H and O–H groups in total. The lowest BCUT2D eigenvalue weighted by atomic mass is 9.47. The van der Waals surface area contributed by atoms with Crippen molar-refractivity contribution in [2.75, 3.05) is 47.1 Å². The summed E-state index contributed by atoms with van der Waals surface area (Å²) in [7, 11) is 4.31. The smallest absolute Gasteiger partial charge is 0.0644 e. The summed E-state index contributed by atoms with van der Waals surface area (Å²) in [4.78, 5) is 2.26. The highest BCUT2D eigenvalue weighted by atomic mass is 16.5. The van der Waals surface area contributed by atoms with Gasteiger partial charge in [-0.25, -0.2) is 0 Å². The van der Waals surface area contributed by atoms with E-state index in [4.69, 9.17) is 14.2 Å². The van der Waals surface area contributed by atoms with Crippen molar-refractivity contribution in [3.05, 3.63) is 23.8 Å². The van der Waals surface area contributed by atoms with Crippen LogP contribution in [0.2, 0.25) is 0 Å². The Hall–Kier alpha value is -0.680. The van der Waals surface area contributed by atoms with Crippen molar-refractivity contribution in [2.24, 2.45) is 46.3 Å². The molecule has 0 radical (unpaired) electrons. The lowest BCUT2D eigenvalue weighted by molar-refractivity contribution is -0.0641. The quantitative estimate of drug-likeness (QED) is 0.0477. The summed E-state index contributed by atoms with van der Waals surface area (Å²) in [6.07, 6.45) is 47.0. The molecular formula is C56H103NO3. The van der Waals surface area contributed by atoms with Crippen molar-refractivity contribution < 1.29 is 14.2 Å². The number of rotatable bonds is 34. The van der Waals surface area contributed by atoms with Gasteiger partial charge in [-0.3, -0.25) is 0 Å². The molecule has 0 aromatic rings. The summed E-state index contributed by atoms with van der Waals surface area (Å²) in [5, 5.41) is 0. The molecule has 0 aromatic heterocycles. The van der Waals surface area contributed by atoms with Gasteiger partial charge in [-0.15, -0.1) is 0 Å². The second-order valence-corrected chi connectivity index (χ2v) is 22.1. The molecule has 3 saturated carbocycles. The number of unbranched alkanes of at least 4 members (excludes halogenated alkanes) is 15. The van der Waals surface area contributed by atoms with Crippen LogP contribution in [-0.4, -0.2) is 64.2 Å². The number of hydrogen-bond donors (Lipinski definition) is 0.